The van der Waals surface area contributed by atoms with E-state index in [-0.39, 0.29) is 17.6 Å². The number of phosphoric ester groups is 1. The van der Waals surface area contributed by atoms with Crippen molar-refractivity contribution in [2.24, 2.45) is 0 Å². The Morgan fingerprint density at radius 2 is 2.36 bits per heavy atom. The number of H-pyrrole nitrogens is 1. The van der Waals surface area contributed by atoms with Crippen LogP contribution in [0.4, 0.5) is 4.39 Å². The van der Waals surface area contributed by atoms with Crippen molar-refractivity contribution in [2.45, 2.75) is 24.9 Å². The first kappa shape index (κ1) is 15.2. The summed E-state index contributed by atoms with van der Waals surface area (Å²) < 4.78 is 35.4. The molecule has 1 fully saturated rings. The van der Waals surface area contributed by atoms with Crippen molar-refractivity contribution in [1.82, 2.24) is 25.0 Å². The van der Waals surface area contributed by atoms with Crippen molar-refractivity contribution in [3.05, 3.63) is 16.7 Å². The standard InChI is InChI=1S/C9H11FN5O6P/c10-5-1-4(2-20-22(17,18)19)21-9(5)15-7-6(13-14-15)8(16)12-3-11-7/h3-5,9H,1-2H2,(H,11,12,16)(H2,17,18,19)/t4-,5-,9-/m0/s1. The Bertz CT molecular complexity index is 788. The fourth-order valence-corrected chi connectivity index (χ4v) is 2.51. The van der Waals surface area contributed by atoms with Gasteiger partial charge in [-0.2, -0.15) is 4.68 Å². The van der Waals surface area contributed by atoms with Crippen molar-refractivity contribution in [2.75, 3.05) is 6.61 Å². The molecule has 3 rings (SSSR count). The third-order valence-corrected chi connectivity index (χ3v) is 3.55. The van der Waals surface area contributed by atoms with Crippen molar-refractivity contribution in [1.29, 1.82) is 0 Å². The van der Waals surface area contributed by atoms with Gasteiger partial charge in [-0.25, -0.2) is 13.9 Å². The lowest BCUT2D eigenvalue weighted by Crippen LogP contribution is -2.19. The van der Waals surface area contributed by atoms with E-state index in [1.165, 1.54) is 0 Å². The summed E-state index contributed by atoms with van der Waals surface area (Å²) in [4.78, 5) is 35.0. The first-order chi connectivity index (χ1) is 10.3. The molecular formula is C9H11FN5O6P. The molecule has 0 amide bonds. The van der Waals surface area contributed by atoms with Crippen LogP contribution in [0.5, 0.6) is 0 Å². The van der Waals surface area contributed by atoms with Crippen molar-refractivity contribution in [3.8, 4) is 0 Å². The van der Waals surface area contributed by atoms with Gasteiger partial charge in [-0.3, -0.25) is 9.32 Å². The fourth-order valence-electron chi connectivity index (χ4n) is 2.15. The Hall–Kier alpha value is -1.72. The van der Waals surface area contributed by atoms with Gasteiger partial charge in [0, 0.05) is 6.42 Å². The molecule has 1 saturated heterocycles. The number of alkyl halides is 1. The molecule has 0 unspecified atom stereocenters. The maximum Gasteiger partial charge on any atom is 0.469 e. The second-order valence-corrected chi connectivity index (χ2v) is 5.86. The Morgan fingerprint density at radius 3 is 3.09 bits per heavy atom. The van der Waals surface area contributed by atoms with Crippen LogP contribution in [0.2, 0.25) is 0 Å². The third kappa shape index (κ3) is 2.91. The number of nitrogens with zero attached hydrogens (tertiary/aromatic N) is 4. The van der Waals surface area contributed by atoms with Gasteiger partial charge in [-0.05, 0) is 0 Å². The molecule has 22 heavy (non-hydrogen) atoms. The second-order valence-electron chi connectivity index (χ2n) is 4.62. The predicted molar refractivity (Wildman–Crippen MR) is 67.4 cm³/mol. The number of rotatable bonds is 4. The lowest BCUT2D eigenvalue weighted by molar-refractivity contribution is -0.0415. The van der Waals surface area contributed by atoms with Gasteiger partial charge in [0.15, 0.2) is 17.4 Å². The topological polar surface area (TPSA) is 152 Å². The monoisotopic (exact) mass is 335 g/mol. The number of hydrogen-bond acceptors (Lipinski definition) is 7. The molecule has 2 aromatic rings. The molecule has 0 bridgehead atoms. The van der Waals surface area contributed by atoms with Crippen LogP contribution in [-0.2, 0) is 13.8 Å². The molecule has 0 spiro atoms. The highest BCUT2D eigenvalue weighted by atomic mass is 31.2. The molecule has 0 aromatic carbocycles. The Balaban J connectivity index is 1.81. The number of halogens is 1. The van der Waals surface area contributed by atoms with E-state index in [1.807, 2.05) is 0 Å². The molecule has 0 saturated carbocycles. The molecule has 0 aliphatic carbocycles. The van der Waals surface area contributed by atoms with Gasteiger partial charge in [0.2, 0.25) is 0 Å². The van der Waals surface area contributed by atoms with E-state index in [9.17, 15) is 13.8 Å². The molecule has 11 nitrogen and oxygen atoms in total. The highest BCUT2D eigenvalue weighted by Crippen LogP contribution is 2.38. The molecule has 0 radical (unpaired) electrons. The molecule has 2 aromatic heterocycles. The van der Waals surface area contributed by atoms with E-state index in [0.29, 0.717) is 0 Å². The SMILES string of the molecule is O=c1[nH]cnc2c1nnn2[C@H]1O[C@H](COP(=O)(O)O)C[C@@H]1F. The van der Waals surface area contributed by atoms with E-state index in [4.69, 9.17) is 14.5 Å². The predicted octanol–water partition coefficient (Wildman–Crippen LogP) is -0.751. The van der Waals surface area contributed by atoms with Gasteiger partial charge in [-0.1, -0.05) is 5.21 Å². The molecule has 3 heterocycles. The van der Waals surface area contributed by atoms with E-state index < -0.39 is 38.5 Å². The summed E-state index contributed by atoms with van der Waals surface area (Å²) in [6.45, 7) is -0.470. The fraction of sp³-hybridized carbons (Fsp3) is 0.556. The molecule has 13 heteroatoms. The maximum absolute atomic E-state index is 14.1. The second kappa shape index (κ2) is 5.48. The number of nitrogens with one attached hydrogen (secondary N) is 1. The molecule has 120 valence electrons. The minimum Gasteiger partial charge on any atom is -0.347 e. The highest BCUT2D eigenvalue weighted by molar-refractivity contribution is 7.46. The van der Waals surface area contributed by atoms with Crippen LogP contribution in [0.1, 0.15) is 12.6 Å². The number of ether oxygens (including phenoxy) is 1. The lowest BCUT2D eigenvalue weighted by atomic mass is 10.2. The zero-order chi connectivity index (χ0) is 15.9. The van der Waals surface area contributed by atoms with Crippen LogP contribution >= 0.6 is 7.82 Å². The number of phosphoric acid groups is 1. The van der Waals surface area contributed by atoms with Crippen molar-refractivity contribution >= 4 is 19.0 Å². The largest absolute Gasteiger partial charge is 0.469 e. The molecule has 1 aliphatic rings. The molecule has 3 atom stereocenters. The van der Waals surface area contributed by atoms with E-state index in [1.54, 1.807) is 0 Å². The smallest absolute Gasteiger partial charge is 0.347 e. The van der Waals surface area contributed by atoms with Crippen LogP contribution in [0.15, 0.2) is 11.1 Å². The number of aromatic amines is 1. The zero-order valence-corrected chi connectivity index (χ0v) is 11.8. The lowest BCUT2D eigenvalue weighted by Gasteiger charge is -2.14. The minimum atomic E-state index is -4.66. The third-order valence-electron chi connectivity index (χ3n) is 3.07. The molecule has 1 aliphatic heterocycles. The maximum atomic E-state index is 14.1. The van der Waals surface area contributed by atoms with Crippen LogP contribution in [0.3, 0.4) is 0 Å². The number of aromatic nitrogens is 5. The van der Waals surface area contributed by atoms with Crippen LogP contribution in [0.25, 0.3) is 11.2 Å². The van der Waals surface area contributed by atoms with Crippen LogP contribution in [0, 0.1) is 0 Å². The van der Waals surface area contributed by atoms with Gasteiger partial charge in [0.25, 0.3) is 5.56 Å². The summed E-state index contributed by atoms with van der Waals surface area (Å²) >= 11 is 0. The van der Waals surface area contributed by atoms with E-state index in [2.05, 4.69) is 24.8 Å². The average Bonchev–Trinajstić information content (AvgIpc) is 3.00. The van der Waals surface area contributed by atoms with Gasteiger partial charge >= 0.3 is 7.82 Å². The van der Waals surface area contributed by atoms with Crippen LogP contribution in [-0.4, -0.2) is 53.6 Å². The number of hydrogen-bond donors (Lipinski definition) is 3. The summed E-state index contributed by atoms with van der Waals surface area (Å²) in [7, 11) is -4.66. The highest BCUT2D eigenvalue weighted by Gasteiger charge is 2.39. The Morgan fingerprint density at radius 1 is 1.59 bits per heavy atom. The van der Waals surface area contributed by atoms with Gasteiger partial charge in [0.05, 0.1) is 19.0 Å². The average molecular weight is 335 g/mol. The summed E-state index contributed by atoms with van der Waals surface area (Å²) in [6.07, 6.45) is -2.61. The van der Waals surface area contributed by atoms with Crippen molar-refractivity contribution in [3.63, 3.8) is 0 Å². The van der Waals surface area contributed by atoms with Gasteiger partial charge in [0.1, 0.15) is 6.17 Å². The Kier molecular flexibility index (Phi) is 3.78. The summed E-state index contributed by atoms with van der Waals surface area (Å²) in [5.41, 5.74) is -0.535. The first-order valence-corrected chi connectivity index (χ1v) is 7.66. The van der Waals surface area contributed by atoms with E-state index >= 15 is 0 Å². The van der Waals surface area contributed by atoms with Gasteiger partial charge in [-0.15, -0.1) is 5.10 Å². The van der Waals surface area contributed by atoms with Crippen LogP contribution < -0.4 is 5.56 Å². The minimum absolute atomic E-state index is 0.0490. The first-order valence-electron chi connectivity index (χ1n) is 6.13. The molecule has 3 N–H and O–H groups in total. The summed E-state index contributed by atoms with van der Waals surface area (Å²) in [5, 5.41) is 7.27. The summed E-state index contributed by atoms with van der Waals surface area (Å²) in [5.74, 6) is 0. The normalized spacial score (nSPS) is 25.9. The zero-order valence-electron chi connectivity index (χ0n) is 10.9. The number of fused-ring (bicyclic) bond motifs is 1. The summed E-state index contributed by atoms with van der Waals surface area (Å²) in [6, 6.07) is 0. The van der Waals surface area contributed by atoms with E-state index in [0.717, 1.165) is 11.0 Å². The molecular weight excluding hydrogens is 324 g/mol. The Labute approximate surface area is 121 Å². The quantitative estimate of drug-likeness (QED) is 0.612. The van der Waals surface area contributed by atoms with Crippen molar-refractivity contribution < 1.29 is 28.0 Å². The van der Waals surface area contributed by atoms with Gasteiger partial charge < -0.3 is 19.5 Å².